The van der Waals surface area contributed by atoms with Gasteiger partial charge in [0.25, 0.3) is 5.91 Å². The minimum atomic E-state index is -0.184. The zero-order chi connectivity index (χ0) is 16.7. The largest absolute Gasteiger partial charge is 0.508 e. The molecule has 0 bridgehead atoms. The summed E-state index contributed by atoms with van der Waals surface area (Å²) in [5.41, 5.74) is 1.92. The Kier molecular flexibility index (Phi) is 3.23. The number of benzene rings is 2. The molecule has 2 aliphatic heterocycles. The minimum absolute atomic E-state index is 0.169. The molecule has 0 atom stereocenters. The van der Waals surface area contributed by atoms with E-state index in [0.29, 0.717) is 23.0 Å². The van der Waals surface area contributed by atoms with Crippen LogP contribution in [0, 0.1) is 0 Å². The standard InChI is InChI=1S/C18H14N2O4/c1-20-17(12-3-5-13(21)6-4-12)19-14(18(20)22)8-11-2-7-15-16(9-11)24-10-23-15/h2-9,21H,10H2,1H3/b14-8+. The number of phenolic OH excluding ortho intramolecular Hbond substituents is 1. The Balaban J connectivity index is 1.70. The van der Waals surface area contributed by atoms with Gasteiger partial charge >= 0.3 is 0 Å². The van der Waals surface area contributed by atoms with Crippen LogP contribution >= 0.6 is 0 Å². The fraction of sp³-hybridized carbons (Fsp3) is 0.111. The Bertz CT molecular complexity index is 884. The number of fused-ring (bicyclic) bond motifs is 1. The quantitative estimate of drug-likeness (QED) is 0.862. The van der Waals surface area contributed by atoms with Crippen LogP contribution in [0.4, 0.5) is 0 Å². The number of nitrogens with zero attached hydrogens (tertiary/aromatic N) is 2. The molecule has 0 saturated carbocycles. The van der Waals surface area contributed by atoms with E-state index in [0.717, 1.165) is 11.1 Å². The number of carbonyl (C=O) groups is 1. The highest BCUT2D eigenvalue weighted by molar-refractivity contribution is 6.19. The molecule has 6 heteroatoms. The molecule has 24 heavy (non-hydrogen) atoms. The summed E-state index contributed by atoms with van der Waals surface area (Å²) in [5, 5.41) is 9.39. The third-order valence-corrected chi connectivity index (χ3v) is 3.89. The highest BCUT2D eigenvalue weighted by Gasteiger charge is 2.28. The summed E-state index contributed by atoms with van der Waals surface area (Å²) in [6, 6.07) is 12.1. The van der Waals surface area contributed by atoms with Crippen molar-refractivity contribution in [1.29, 1.82) is 0 Å². The SMILES string of the molecule is CN1C(=O)/C(=C\c2ccc3c(c2)OCO3)N=C1c1ccc(O)cc1. The number of carbonyl (C=O) groups excluding carboxylic acids is 1. The Labute approximate surface area is 138 Å². The molecule has 0 aliphatic carbocycles. The van der Waals surface area contributed by atoms with E-state index in [9.17, 15) is 9.90 Å². The Morgan fingerprint density at radius 3 is 2.67 bits per heavy atom. The van der Waals surface area contributed by atoms with Gasteiger partial charge in [-0.2, -0.15) is 0 Å². The molecule has 120 valence electrons. The first kappa shape index (κ1) is 14.3. The van der Waals surface area contributed by atoms with Crippen molar-refractivity contribution >= 4 is 17.8 Å². The monoisotopic (exact) mass is 322 g/mol. The normalized spacial score (nSPS) is 17.5. The molecular weight excluding hydrogens is 308 g/mol. The van der Waals surface area contributed by atoms with Crippen molar-refractivity contribution in [3.63, 3.8) is 0 Å². The van der Waals surface area contributed by atoms with Crippen molar-refractivity contribution < 1.29 is 19.4 Å². The van der Waals surface area contributed by atoms with Crippen molar-refractivity contribution in [3.05, 3.63) is 59.3 Å². The van der Waals surface area contributed by atoms with Crippen molar-refractivity contribution in [2.75, 3.05) is 13.8 Å². The molecule has 0 saturated heterocycles. The van der Waals surface area contributed by atoms with Crippen LogP contribution in [0.5, 0.6) is 17.2 Å². The smallest absolute Gasteiger partial charge is 0.277 e. The molecule has 0 radical (unpaired) electrons. The van der Waals surface area contributed by atoms with Gasteiger partial charge in [-0.25, -0.2) is 4.99 Å². The Morgan fingerprint density at radius 1 is 1.12 bits per heavy atom. The lowest BCUT2D eigenvalue weighted by Gasteiger charge is -2.11. The zero-order valence-corrected chi connectivity index (χ0v) is 12.9. The molecule has 2 heterocycles. The van der Waals surface area contributed by atoms with Gasteiger partial charge in [0.1, 0.15) is 17.3 Å². The van der Waals surface area contributed by atoms with E-state index in [-0.39, 0.29) is 18.4 Å². The molecule has 2 aliphatic rings. The van der Waals surface area contributed by atoms with Gasteiger partial charge < -0.3 is 14.6 Å². The van der Waals surface area contributed by atoms with Gasteiger partial charge in [-0.3, -0.25) is 9.69 Å². The Hall–Kier alpha value is -3.28. The molecule has 2 aromatic carbocycles. The molecule has 0 unspecified atom stereocenters. The second kappa shape index (κ2) is 5.42. The summed E-state index contributed by atoms with van der Waals surface area (Å²) in [7, 11) is 1.68. The average molecular weight is 322 g/mol. The van der Waals surface area contributed by atoms with E-state index in [4.69, 9.17) is 9.47 Å². The van der Waals surface area contributed by atoms with Crippen LogP contribution in [0.25, 0.3) is 6.08 Å². The van der Waals surface area contributed by atoms with Gasteiger partial charge in [0, 0.05) is 12.6 Å². The van der Waals surface area contributed by atoms with Gasteiger partial charge in [-0.05, 0) is 48.0 Å². The zero-order valence-electron chi connectivity index (χ0n) is 12.9. The number of rotatable bonds is 2. The number of amidine groups is 1. The van der Waals surface area contributed by atoms with E-state index in [1.54, 1.807) is 37.4 Å². The number of aromatic hydroxyl groups is 1. The molecule has 6 nitrogen and oxygen atoms in total. The third kappa shape index (κ3) is 2.38. The van der Waals surface area contributed by atoms with E-state index in [2.05, 4.69) is 4.99 Å². The molecular formula is C18H14N2O4. The molecule has 0 spiro atoms. The van der Waals surface area contributed by atoms with Crippen LogP contribution in [-0.2, 0) is 4.79 Å². The summed E-state index contributed by atoms with van der Waals surface area (Å²) in [4.78, 5) is 18.4. The van der Waals surface area contributed by atoms with Crippen molar-refractivity contribution in [2.24, 2.45) is 4.99 Å². The lowest BCUT2D eigenvalue weighted by atomic mass is 10.1. The maximum atomic E-state index is 12.4. The second-order valence-corrected chi connectivity index (χ2v) is 5.49. The maximum Gasteiger partial charge on any atom is 0.277 e. The van der Waals surface area contributed by atoms with Crippen LogP contribution in [0.2, 0.25) is 0 Å². The fourth-order valence-electron chi connectivity index (χ4n) is 2.63. The highest BCUT2D eigenvalue weighted by atomic mass is 16.7. The predicted molar refractivity (Wildman–Crippen MR) is 88.0 cm³/mol. The number of ether oxygens (including phenoxy) is 2. The van der Waals surface area contributed by atoms with Crippen LogP contribution < -0.4 is 9.47 Å². The topological polar surface area (TPSA) is 71.4 Å². The Morgan fingerprint density at radius 2 is 1.88 bits per heavy atom. The van der Waals surface area contributed by atoms with Gasteiger partial charge in [-0.1, -0.05) is 6.07 Å². The molecule has 1 amide bonds. The van der Waals surface area contributed by atoms with Crippen LogP contribution in [-0.4, -0.2) is 35.6 Å². The summed E-state index contributed by atoms with van der Waals surface area (Å²) in [5.74, 6) is 1.89. The van der Waals surface area contributed by atoms with Crippen molar-refractivity contribution in [2.45, 2.75) is 0 Å². The number of phenols is 1. The van der Waals surface area contributed by atoms with E-state index >= 15 is 0 Å². The molecule has 0 aromatic heterocycles. The van der Waals surface area contributed by atoms with Crippen molar-refractivity contribution in [1.82, 2.24) is 4.90 Å². The number of hydrogen-bond donors (Lipinski definition) is 1. The van der Waals surface area contributed by atoms with Crippen LogP contribution in [0.3, 0.4) is 0 Å². The fourth-order valence-corrected chi connectivity index (χ4v) is 2.63. The van der Waals surface area contributed by atoms with Gasteiger partial charge in [0.2, 0.25) is 6.79 Å². The summed E-state index contributed by atoms with van der Waals surface area (Å²) >= 11 is 0. The van der Waals surface area contributed by atoms with E-state index in [1.165, 1.54) is 4.90 Å². The van der Waals surface area contributed by atoms with Gasteiger partial charge in [0.15, 0.2) is 11.5 Å². The first-order valence-corrected chi connectivity index (χ1v) is 7.39. The van der Waals surface area contributed by atoms with Crippen LogP contribution in [0.1, 0.15) is 11.1 Å². The van der Waals surface area contributed by atoms with Gasteiger partial charge in [-0.15, -0.1) is 0 Å². The maximum absolute atomic E-state index is 12.4. The number of amides is 1. The molecule has 4 rings (SSSR count). The average Bonchev–Trinajstić information content (AvgIpc) is 3.15. The number of likely N-dealkylation sites (N-methyl/N-ethyl adjacent to an activating group) is 1. The first-order valence-electron chi connectivity index (χ1n) is 7.39. The molecule has 0 fully saturated rings. The van der Waals surface area contributed by atoms with E-state index in [1.807, 2.05) is 18.2 Å². The van der Waals surface area contributed by atoms with E-state index < -0.39 is 0 Å². The summed E-state index contributed by atoms with van der Waals surface area (Å²) in [6.07, 6.45) is 1.72. The highest BCUT2D eigenvalue weighted by Crippen LogP contribution is 2.33. The van der Waals surface area contributed by atoms with Gasteiger partial charge in [0.05, 0.1) is 0 Å². The first-order chi connectivity index (χ1) is 11.6. The summed E-state index contributed by atoms with van der Waals surface area (Å²) < 4.78 is 10.6. The molecule has 1 N–H and O–H groups in total. The van der Waals surface area contributed by atoms with Crippen molar-refractivity contribution in [3.8, 4) is 17.2 Å². The minimum Gasteiger partial charge on any atom is -0.508 e. The van der Waals surface area contributed by atoms with Crippen LogP contribution in [0.15, 0.2) is 53.2 Å². The lowest BCUT2D eigenvalue weighted by molar-refractivity contribution is -0.121. The lowest BCUT2D eigenvalue weighted by Crippen LogP contribution is -2.28. The summed E-state index contributed by atoms with van der Waals surface area (Å²) in [6.45, 7) is 0.209. The number of aliphatic imine (C=N–C) groups is 1. The predicted octanol–water partition coefficient (Wildman–Crippen LogP) is 2.38. The molecule has 2 aromatic rings. The second-order valence-electron chi connectivity index (χ2n) is 5.49. The third-order valence-electron chi connectivity index (χ3n) is 3.89. The number of hydrogen-bond acceptors (Lipinski definition) is 5.